The standard InChI is InChI=1S/C14H17N3O3/c1-8-9(7-15)5-6-10(16-8)12(18)17-11(13(19)20)14(2,3)4/h5-6,11H,1-4H3,(H,17,18)(H,19,20)/t11-/m1/s1. The van der Waals surface area contributed by atoms with Gasteiger partial charge in [0.1, 0.15) is 17.8 Å². The zero-order valence-corrected chi connectivity index (χ0v) is 11.9. The molecule has 20 heavy (non-hydrogen) atoms. The molecule has 0 bridgehead atoms. The van der Waals surface area contributed by atoms with Crippen molar-refractivity contribution in [3.63, 3.8) is 0 Å². The number of nitrogens with one attached hydrogen (secondary N) is 1. The zero-order valence-electron chi connectivity index (χ0n) is 11.9. The van der Waals surface area contributed by atoms with Gasteiger partial charge < -0.3 is 10.4 Å². The van der Waals surface area contributed by atoms with Crippen LogP contribution in [0.5, 0.6) is 0 Å². The molecular formula is C14H17N3O3. The van der Waals surface area contributed by atoms with Crippen LogP contribution in [-0.2, 0) is 4.79 Å². The Hall–Kier alpha value is -2.42. The Morgan fingerprint density at radius 2 is 2.00 bits per heavy atom. The van der Waals surface area contributed by atoms with Crippen molar-refractivity contribution in [2.75, 3.05) is 0 Å². The molecule has 1 heterocycles. The second kappa shape index (κ2) is 5.70. The third-order valence-electron chi connectivity index (χ3n) is 2.83. The minimum atomic E-state index is -1.10. The Labute approximate surface area is 117 Å². The highest BCUT2D eigenvalue weighted by atomic mass is 16.4. The Morgan fingerprint density at radius 3 is 2.40 bits per heavy atom. The molecule has 106 valence electrons. The molecule has 1 atom stereocenters. The van der Waals surface area contributed by atoms with Crippen LogP contribution in [0.4, 0.5) is 0 Å². The molecule has 0 unspecified atom stereocenters. The number of hydrogen-bond acceptors (Lipinski definition) is 4. The van der Waals surface area contributed by atoms with Crippen LogP contribution in [0.2, 0.25) is 0 Å². The number of aryl methyl sites for hydroxylation is 1. The molecule has 2 N–H and O–H groups in total. The van der Waals surface area contributed by atoms with E-state index in [1.54, 1.807) is 27.7 Å². The Bertz CT molecular complexity index is 582. The maximum absolute atomic E-state index is 12.0. The number of carbonyl (C=O) groups excluding carboxylic acids is 1. The summed E-state index contributed by atoms with van der Waals surface area (Å²) in [5.74, 6) is -1.67. The van der Waals surface area contributed by atoms with Gasteiger partial charge >= 0.3 is 5.97 Å². The maximum atomic E-state index is 12.0. The molecule has 0 saturated heterocycles. The first-order chi connectivity index (χ1) is 9.16. The van der Waals surface area contributed by atoms with E-state index in [1.807, 2.05) is 6.07 Å². The molecule has 0 radical (unpaired) electrons. The fourth-order valence-corrected chi connectivity index (χ4v) is 1.66. The number of rotatable bonds is 3. The third-order valence-corrected chi connectivity index (χ3v) is 2.83. The molecule has 6 nitrogen and oxygen atoms in total. The molecule has 0 aliphatic rings. The third kappa shape index (κ3) is 3.54. The SMILES string of the molecule is Cc1nc(C(=O)N[C@H](C(=O)O)C(C)(C)C)ccc1C#N. The highest BCUT2D eigenvalue weighted by Gasteiger charge is 2.33. The molecule has 1 rings (SSSR count). The van der Waals surface area contributed by atoms with Crippen LogP contribution >= 0.6 is 0 Å². The fourth-order valence-electron chi connectivity index (χ4n) is 1.66. The number of carbonyl (C=O) groups is 2. The van der Waals surface area contributed by atoms with Crippen LogP contribution in [0.1, 0.15) is 42.5 Å². The van der Waals surface area contributed by atoms with Crippen LogP contribution in [0.3, 0.4) is 0 Å². The number of nitrogens with zero attached hydrogens (tertiary/aromatic N) is 2. The number of nitriles is 1. The van der Waals surface area contributed by atoms with E-state index in [9.17, 15) is 9.59 Å². The van der Waals surface area contributed by atoms with Gasteiger partial charge in [-0.25, -0.2) is 9.78 Å². The van der Waals surface area contributed by atoms with Gasteiger partial charge in [0.05, 0.1) is 11.3 Å². The Morgan fingerprint density at radius 1 is 1.40 bits per heavy atom. The fraction of sp³-hybridized carbons (Fsp3) is 0.429. The predicted octanol–water partition coefficient (Wildman–Crippen LogP) is 1.49. The summed E-state index contributed by atoms with van der Waals surface area (Å²) in [6.07, 6.45) is 0. The molecule has 0 aliphatic heterocycles. The van der Waals surface area contributed by atoms with Gasteiger partial charge in [0.2, 0.25) is 0 Å². The second-order valence-corrected chi connectivity index (χ2v) is 5.55. The van der Waals surface area contributed by atoms with E-state index in [-0.39, 0.29) is 5.69 Å². The van der Waals surface area contributed by atoms with Crippen molar-refractivity contribution in [2.24, 2.45) is 5.41 Å². The minimum Gasteiger partial charge on any atom is -0.480 e. The second-order valence-electron chi connectivity index (χ2n) is 5.55. The van der Waals surface area contributed by atoms with Crippen molar-refractivity contribution in [3.05, 3.63) is 29.1 Å². The lowest BCUT2D eigenvalue weighted by molar-refractivity contribution is -0.142. The van der Waals surface area contributed by atoms with Crippen molar-refractivity contribution in [1.29, 1.82) is 5.26 Å². The quantitative estimate of drug-likeness (QED) is 0.869. The Balaban J connectivity index is 2.99. The van der Waals surface area contributed by atoms with Crippen LogP contribution in [0, 0.1) is 23.7 Å². The van der Waals surface area contributed by atoms with E-state index >= 15 is 0 Å². The van der Waals surface area contributed by atoms with Crippen LogP contribution in [0.15, 0.2) is 12.1 Å². The van der Waals surface area contributed by atoms with Crippen LogP contribution < -0.4 is 5.32 Å². The molecule has 0 aliphatic carbocycles. The average Bonchev–Trinajstić information content (AvgIpc) is 2.33. The average molecular weight is 275 g/mol. The van der Waals surface area contributed by atoms with Gasteiger partial charge in [0.15, 0.2) is 0 Å². The summed E-state index contributed by atoms with van der Waals surface area (Å²) < 4.78 is 0. The van der Waals surface area contributed by atoms with E-state index in [2.05, 4.69) is 10.3 Å². The summed E-state index contributed by atoms with van der Waals surface area (Å²) in [7, 11) is 0. The molecule has 0 spiro atoms. The molecule has 0 fully saturated rings. The van der Waals surface area contributed by atoms with Crippen molar-refractivity contribution in [3.8, 4) is 6.07 Å². The lowest BCUT2D eigenvalue weighted by atomic mass is 9.86. The first-order valence-corrected chi connectivity index (χ1v) is 6.08. The molecule has 1 aromatic rings. The first kappa shape index (κ1) is 15.6. The van der Waals surface area contributed by atoms with E-state index in [0.717, 1.165) is 0 Å². The van der Waals surface area contributed by atoms with Gasteiger partial charge in [0.25, 0.3) is 5.91 Å². The highest BCUT2D eigenvalue weighted by Crippen LogP contribution is 2.19. The smallest absolute Gasteiger partial charge is 0.326 e. The highest BCUT2D eigenvalue weighted by molar-refractivity contribution is 5.95. The monoisotopic (exact) mass is 275 g/mol. The predicted molar refractivity (Wildman–Crippen MR) is 72.0 cm³/mol. The largest absolute Gasteiger partial charge is 0.480 e. The number of aliphatic carboxylic acids is 1. The Kier molecular flexibility index (Phi) is 4.45. The number of pyridine rings is 1. The van der Waals surface area contributed by atoms with Crippen LogP contribution in [-0.4, -0.2) is 28.0 Å². The number of hydrogen-bond donors (Lipinski definition) is 2. The van der Waals surface area contributed by atoms with Crippen LogP contribution in [0.25, 0.3) is 0 Å². The molecular weight excluding hydrogens is 258 g/mol. The minimum absolute atomic E-state index is 0.0944. The summed E-state index contributed by atoms with van der Waals surface area (Å²) in [5.41, 5.74) is 0.287. The number of aromatic nitrogens is 1. The lowest BCUT2D eigenvalue weighted by Crippen LogP contribution is -2.49. The first-order valence-electron chi connectivity index (χ1n) is 6.08. The van der Waals surface area contributed by atoms with Gasteiger partial charge in [-0.2, -0.15) is 5.26 Å². The zero-order chi connectivity index (χ0) is 15.5. The van der Waals surface area contributed by atoms with E-state index in [0.29, 0.717) is 11.3 Å². The summed E-state index contributed by atoms with van der Waals surface area (Å²) in [4.78, 5) is 27.3. The molecule has 1 amide bonds. The van der Waals surface area contributed by atoms with Gasteiger partial charge in [-0.05, 0) is 24.5 Å². The summed E-state index contributed by atoms with van der Waals surface area (Å²) in [6.45, 7) is 6.80. The van der Waals surface area contributed by atoms with Crippen molar-refractivity contribution in [1.82, 2.24) is 10.3 Å². The van der Waals surface area contributed by atoms with E-state index in [4.69, 9.17) is 10.4 Å². The number of amides is 1. The summed E-state index contributed by atoms with van der Waals surface area (Å²) in [5, 5.41) is 20.4. The van der Waals surface area contributed by atoms with Crippen molar-refractivity contribution >= 4 is 11.9 Å². The summed E-state index contributed by atoms with van der Waals surface area (Å²) >= 11 is 0. The topological polar surface area (TPSA) is 103 Å². The molecule has 0 aromatic carbocycles. The van der Waals surface area contributed by atoms with Crippen molar-refractivity contribution < 1.29 is 14.7 Å². The van der Waals surface area contributed by atoms with E-state index in [1.165, 1.54) is 12.1 Å². The maximum Gasteiger partial charge on any atom is 0.326 e. The van der Waals surface area contributed by atoms with Gasteiger partial charge in [-0.15, -0.1) is 0 Å². The van der Waals surface area contributed by atoms with Gasteiger partial charge in [-0.1, -0.05) is 20.8 Å². The number of carboxylic acid groups (broad SMARTS) is 1. The number of carboxylic acids is 1. The normalized spacial score (nSPS) is 12.3. The van der Waals surface area contributed by atoms with Crippen molar-refractivity contribution in [2.45, 2.75) is 33.7 Å². The lowest BCUT2D eigenvalue weighted by Gasteiger charge is -2.27. The molecule has 6 heteroatoms. The summed E-state index contributed by atoms with van der Waals surface area (Å²) in [6, 6.07) is 3.83. The van der Waals surface area contributed by atoms with Gasteiger partial charge in [-0.3, -0.25) is 4.79 Å². The van der Waals surface area contributed by atoms with Gasteiger partial charge in [0, 0.05) is 0 Å². The van der Waals surface area contributed by atoms with E-state index < -0.39 is 23.3 Å². The molecule has 0 saturated carbocycles. The molecule has 1 aromatic heterocycles.